The molecule has 0 saturated carbocycles. The van der Waals surface area contributed by atoms with E-state index in [-0.39, 0.29) is 0 Å². The first-order valence-corrected chi connectivity index (χ1v) is 8.64. The molecule has 2 aromatic rings. The lowest BCUT2D eigenvalue weighted by atomic mass is 10.1. The lowest BCUT2D eigenvalue weighted by Crippen LogP contribution is -2.46. The van der Waals surface area contributed by atoms with Gasteiger partial charge in [-0.1, -0.05) is 17.7 Å². The van der Waals surface area contributed by atoms with Crippen molar-refractivity contribution < 1.29 is 4.74 Å². The Balaban J connectivity index is 1.56. The lowest BCUT2D eigenvalue weighted by Gasteiger charge is -2.34. The maximum atomic E-state index is 5.49. The summed E-state index contributed by atoms with van der Waals surface area (Å²) < 4.78 is 10.0. The normalized spacial score (nSPS) is 16.5. The Morgan fingerprint density at radius 2 is 1.88 bits per heavy atom. The highest BCUT2D eigenvalue weighted by Crippen LogP contribution is 2.22. The molecule has 0 unspecified atom stereocenters. The number of hydrogen-bond donors (Lipinski definition) is 0. The topological polar surface area (TPSA) is 38.5 Å². The van der Waals surface area contributed by atoms with E-state index in [9.17, 15) is 0 Å². The summed E-state index contributed by atoms with van der Waals surface area (Å²) in [4.78, 5) is 4.87. The van der Waals surface area contributed by atoms with Crippen LogP contribution in [0.4, 0.5) is 0 Å². The zero-order valence-electron chi connectivity index (χ0n) is 14.6. The van der Waals surface area contributed by atoms with E-state index in [0.717, 1.165) is 49.9 Å². The van der Waals surface area contributed by atoms with E-state index in [0.29, 0.717) is 0 Å². The summed E-state index contributed by atoms with van der Waals surface area (Å²) in [5.74, 6) is 0.975. The van der Waals surface area contributed by atoms with E-state index in [1.165, 1.54) is 11.1 Å². The summed E-state index contributed by atoms with van der Waals surface area (Å²) in [5.41, 5.74) is 2.53. The molecular weight excluding hydrogens is 322 g/mol. The summed E-state index contributed by atoms with van der Waals surface area (Å²) in [7, 11) is 3.67. The van der Waals surface area contributed by atoms with Gasteiger partial charge in [-0.3, -0.25) is 9.80 Å². The number of benzene rings is 1. The van der Waals surface area contributed by atoms with Crippen LogP contribution in [0.1, 0.15) is 11.1 Å². The van der Waals surface area contributed by atoms with E-state index in [2.05, 4.69) is 40.0 Å². The number of piperazine rings is 1. The van der Waals surface area contributed by atoms with Gasteiger partial charge in [-0.15, -0.1) is 0 Å². The molecule has 3 rings (SSSR count). The average Bonchev–Trinajstić information content (AvgIpc) is 2.89. The van der Waals surface area contributed by atoms with Gasteiger partial charge in [0.15, 0.2) is 4.77 Å². The minimum Gasteiger partial charge on any atom is -0.496 e. The Labute approximate surface area is 148 Å². The van der Waals surface area contributed by atoms with Crippen molar-refractivity contribution in [2.45, 2.75) is 20.1 Å². The summed E-state index contributed by atoms with van der Waals surface area (Å²) in [5, 5.41) is 4.33. The monoisotopic (exact) mass is 347 g/mol. The zero-order chi connectivity index (χ0) is 17.1. The third kappa shape index (κ3) is 3.85. The first-order chi connectivity index (χ1) is 11.6. The fourth-order valence-corrected chi connectivity index (χ4v) is 3.22. The number of aryl methyl sites for hydroxylation is 2. The van der Waals surface area contributed by atoms with Crippen LogP contribution in [0.5, 0.6) is 5.75 Å². The molecule has 1 aromatic carbocycles. The van der Waals surface area contributed by atoms with Crippen molar-refractivity contribution >= 4 is 12.2 Å². The molecule has 1 aliphatic rings. The molecule has 1 aromatic heterocycles. The first-order valence-electron chi connectivity index (χ1n) is 8.23. The quantitative estimate of drug-likeness (QED) is 0.774. The van der Waals surface area contributed by atoms with Gasteiger partial charge in [-0.05, 0) is 25.2 Å². The van der Waals surface area contributed by atoms with E-state index < -0.39 is 0 Å². The minimum absolute atomic E-state index is 0.765. The van der Waals surface area contributed by atoms with Gasteiger partial charge in [0.25, 0.3) is 0 Å². The van der Waals surface area contributed by atoms with Gasteiger partial charge in [-0.25, -0.2) is 4.68 Å². The van der Waals surface area contributed by atoms with Gasteiger partial charge < -0.3 is 9.30 Å². The van der Waals surface area contributed by atoms with E-state index in [1.54, 1.807) is 13.4 Å². The zero-order valence-corrected chi connectivity index (χ0v) is 15.4. The van der Waals surface area contributed by atoms with Crippen LogP contribution in [0.2, 0.25) is 0 Å². The molecule has 0 aliphatic carbocycles. The number of aromatic nitrogens is 3. The fraction of sp³-hybridized carbons (Fsp3) is 0.529. The van der Waals surface area contributed by atoms with Crippen LogP contribution in [0.25, 0.3) is 0 Å². The molecule has 1 fully saturated rings. The molecule has 0 radical (unpaired) electrons. The summed E-state index contributed by atoms with van der Waals surface area (Å²) in [6.07, 6.45) is 1.77. The van der Waals surface area contributed by atoms with Crippen molar-refractivity contribution in [1.82, 2.24) is 24.1 Å². The molecule has 7 heteroatoms. The molecule has 24 heavy (non-hydrogen) atoms. The molecular formula is C17H25N5OS. The summed E-state index contributed by atoms with van der Waals surface area (Å²) in [6.45, 7) is 7.94. The molecule has 0 N–H and O–H groups in total. The SMILES string of the molecule is COc1ccc(C)cc1CN1CCN(Cn2ncn(C)c2=S)CC1. The smallest absolute Gasteiger partial charge is 0.198 e. The molecule has 1 aliphatic heterocycles. The second-order valence-electron chi connectivity index (χ2n) is 6.37. The maximum Gasteiger partial charge on any atom is 0.198 e. The molecule has 0 bridgehead atoms. The van der Waals surface area contributed by atoms with Gasteiger partial charge in [0.1, 0.15) is 12.1 Å². The van der Waals surface area contributed by atoms with E-state index in [1.807, 2.05) is 16.3 Å². The van der Waals surface area contributed by atoms with Gasteiger partial charge >= 0.3 is 0 Å². The van der Waals surface area contributed by atoms with Crippen LogP contribution in [0.3, 0.4) is 0 Å². The van der Waals surface area contributed by atoms with Crippen LogP contribution in [-0.2, 0) is 20.3 Å². The Kier molecular flexibility index (Phi) is 5.33. The van der Waals surface area contributed by atoms with Gasteiger partial charge in [0.2, 0.25) is 0 Å². The lowest BCUT2D eigenvalue weighted by molar-refractivity contribution is 0.0975. The molecule has 2 heterocycles. The molecule has 6 nitrogen and oxygen atoms in total. The first kappa shape index (κ1) is 17.1. The highest BCUT2D eigenvalue weighted by atomic mass is 32.1. The average molecular weight is 347 g/mol. The minimum atomic E-state index is 0.765. The van der Waals surface area contributed by atoms with Crippen molar-refractivity contribution in [2.75, 3.05) is 33.3 Å². The Hall–Kier alpha value is -1.70. The Bertz CT molecular complexity index is 746. The molecule has 0 atom stereocenters. The van der Waals surface area contributed by atoms with Crippen molar-refractivity contribution in [3.63, 3.8) is 0 Å². The predicted molar refractivity (Wildman–Crippen MR) is 96.6 cm³/mol. The maximum absolute atomic E-state index is 5.49. The predicted octanol–water partition coefficient (Wildman–Crippen LogP) is 2.04. The van der Waals surface area contributed by atoms with Crippen molar-refractivity contribution in [2.24, 2.45) is 7.05 Å². The highest BCUT2D eigenvalue weighted by Gasteiger charge is 2.19. The second-order valence-corrected chi connectivity index (χ2v) is 6.74. The van der Waals surface area contributed by atoms with Crippen molar-refractivity contribution in [3.8, 4) is 5.75 Å². The molecule has 130 valence electrons. The Morgan fingerprint density at radius 3 is 2.50 bits per heavy atom. The van der Waals surface area contributed by atoms with Crippen LogP contribution in [0.15, 0.2) is 24.5 Å². The van der Waals surface area contributed by atoms with E-state index >= 15 is 0 Å². The van der Waals surface area contributed by atoms with Crippen molar-refractivity contribution in [1.29, 1.82) is 0 Å². The largest absolute Gasteiger partial charge is 0.496 e. The summed E-state index contributed by atoms with van der Waals surface area (Å²) >= 11 is 5.36. The fourth-order valence-electron chi connectivity index (χ4n) is 3.07. The molecule has 0 spiro atoms. The van der Waals surface area contributed by atoms with Crippen LogP contribution in [-0.4, -0.2) is 57.4 Å². The van der Waals surface area contributed by atoms with E-state index in [4.69, 9.17) is 17.0 Å². The van der Waals surface area contributed by atoms with Crippen LogP contribution >= 0.6 is 12.2 Å². The number of ether oxygens (including phenoxy) is 1. The van der Waals surface area contributed by atoms with Gasteiger partial charge in [0, 0.05) is 45.3 Å². The van der Waals surface area contributed by atoms with Crippen molar-refractivity contribution in [3.05, 3.63) is 40.4 Å². The van der Waals surface area contributed by atoms with Crippen LogP contribution < -0.4 is 4.74 Å². The second kappa shape index (κ2) is 7.46. The number of methoxy groups -OCH3 is 1. The standard InChI is InChI=1S/C17H25N5OS/c1-14-4-5-16(23-3)15(10-14)11-20-6-8-21(9-7-20)13-22-17(24)19(2)12-18-22/h4-5,10,12H,6-9,11,13H2,1-3H3. The third-order valence-corrected chi connectivity index (χ3v) is 5.01. The number of rotatable bonds is 5. The van der Waals surface area contributed by atoms with Crippen LogP contribution in [0, 0.1) is 11.7 Å². The Morgan fingerprint density at radius 1 is 1.17 bits per heavy atom. The molecule has 0 amide bonds. The highest BCUT2D eigenvalue weighted by molar-refractivity contribution is 7.71. The number of hydrogen-bond acceptors (Lipinski definition) is 5. The molecule has 1 saturated heterocycles. The van der Waals surface area contributed by atoms with Gasteiger partial charge in [-0.2, -0.15) is 5.10 Å². The summed E-state index contributed by atoms with van der Waals surface area (Å²) in [6, 6.07) is 6.37. The number of nitrogens with zero attached hydrogens (tertiary/aromatic N) is 5. The third-order valence-electron chi connectivity index (χ3n) is 4.52. The van der Waals surface area contributed by atoms with Gasteiger partial charge in [0.05, 0.1) is 13.8 Å².